The van der Waals surface area contributed by atoms with Crippen molar-refractivity contribution in [1.29, 1.82) is 0 Å². The molecule has 2 amide bonds. The van der Waals surface area contributed by atoms with Gasteiger partial charge >= 0.3 is 12.0 Å². The van der Waals surface area contributed by atoms with Crippen LogP contribution in [0.4, 0.5) is 10.5 Å². The minimum atomic E-state index is -1.04. The second-order valence-corrected chi connectivity index (χ2v) is 4.31. The normalized spacial score (nSPS) is 10.1. The number of aryl methyl sites for hydroxylation is 1. The number of rotatable bonds is 5. The number of anilines is 1. The second-order valence-electron chi connectivity index (χ2n) is 4.31. The summed E-state index contributed by atoms with van der Waals surface area (Å²) < 4.78 is 0. The predicted molar refractivity (Wildman–Crippen MR) is 74.7 cm³/mol. The predicted octanol–water partition coefficient (Wildman–Crippen LogP) is 2.96. The Hall–Kier alpha value is -2.04. The summed E-state index contributed by atoms with van der Waals surface area (Å²) in [5.41, 5.74) is 1.22. The van der Waals surface area contributed by atoms with Crippen LogP contribution in [0.15, 0.2) is 18.2 Å². The minimum Gasteiger partial charge on any atom is -0.478 e. The highest BCUT2D eigenvalue weighted by Crippen LogP contribution is 2.21. The van der Waals surface area contributed by atoms with Gasteiger partial charge in [-0.3, -0.25) is 0 Å². The van der Waals surface area contributed by atoms with Crippen molar-refractivity contribution in [1.82, 2.24) is 4.90 Å². The van der Waals surface area contributed by atoms with Crippen LogP contribution in [0, 0.1) is 6.92 Å². The highest BCUT2D eigenvalue weighted by Gasteiger charge is 2.17. The van der Waals surface area contributed by atoms with Crippen LogP contribution in [0.25, 0.3) is 0 Å². The minimum absolute atomic E-state index is 0.112. The highest BCUT2D eigenvalue weighted by molar-refractivity contribution is 6.00. The molecule has 0 aliphatic heterocycles. The summed E-state index contributed by atoms with van der Waals surface area (Å²) in [4.78, 5) is 24.9. The lowest BCUT2D eigenvalue weighted by molar-refractivity contribution is 0.0698. The molecule has 0 unspecified atom stereocenters. The molecular weight excluding hydrogens is 244 g/mol. The molecule has 0 aliphatic carbocycles. The molecule has 19 heavy (non-hydrogen) atoms. The van der Waals surface area contributed by atoms with Crippen molar-refractivity contribution in [3.63, 3.8) is 0 Å². The van der Waals surface area contributed by atoms with E-state index in [0.717, 1.165) is 12.0 Å². The van der Waals surface area contributed by atoms with Gasteiger partial charge < -0.3 is 15.3 Å². The Balaban J connectivity index is 2.98. The number of carboxylic acids is 1. The van der Waals surface area contributed by atoms with Crippen molar-refractivity contribution in [2.24, 2.45) is 0 Å². The van der Waals surface area contributed by atoms with E-state index in [1.807, 2.05) is 13.8 Å². The molecule has 0 fully saturated rings. The van der Waals surface area contributed by atoms with Crippen LogP contribution < -0.4 is 5.32 Å². The first kappa shape index (κ1) is 15.0. The van der Waals surface area contributed by atoms with Crippen LogP contribution in [0.1, 0.15) is 36.2 Å². The first-order chi connectivity index (χ1) is 9.01. The van der Waals surface area contributed by atoms with Crippen molar-refractivity contribution >= 4 is 17.7 Å². The average molecular weight is 264 g/mol. The maximum Gasteiger partial charge on any atom is 0.337 e. The lowest BCUT2D eigenvalue weighted by Gasteiger charge is -2.22. The van der Waals surface area contributed by atoms with E-state index in [1.165, 1.54) is 6.07 Å². The maximum absolute atomic E-state index is 12.1. The van der Waals surface area contributed by atoms with Crippen molar-refractivity contribution in [3.05, 3.63) is 29.3 Å². The molecule has 0 bridgehead atoms. The SMILES string of the molecule is CCCN(CC)C(=O)Nc1c(C)cccc1C(=O)O. The second kappa shape index (κ2) is 6.78. The fourth-order valence-electron chi connectivity index (χ4n) is 1.87. The Morgan fingerprint density at radius 1 is 1.32 bits per heavy atom. The van der Waals surface area contributed by atoms with Crippen LogP contribution in [-0.4, -0.2) is 35.1 Å². The van der Waals surface area contributed by atoms with Gasteiger partial charge in [0.1, 0.15) is 0 Å². The number of carbonyl (C=O) groups excluding carboxylic acids is 1. The molecule has 0 atom stereocenters. The van der Waals surface area contributed by atoms with Crippen molar-refractivity contribution < 1.29 is 14.7 Å². The molecule has 104 valence electrons. The molecule has 0 spiro atoms. The van der Waals surface area contributed by atoms with E-state index in [9.17, 15) is 9.59 Å². The van der Waals surface area contributed by atoms with E-state index in [4.69, 9.17) is 5.11 Å². The molecule has 0 aliphatic rings. The fraction of sp³-hybridized carbons (Fsp3) is 0.429. The standard InChI is InChI=1S/C14H20N2O3/c1-4-9-16(5-2)14(19)15-12-10(3)7-6-8-11(12)13(17)18/h6-8H,4-5,9H2,1-3H3,(H,15,19)(H,17,18). The van der Waals surface area contributed by atoms with E-state index in [1.54, 1.807) is 24.0 Å². The summed E-state index contributed by atoms with van der Waals surface area (Å²) in [6.45, 7) is 6.90. The zero-order valence-corrected chi connectivity index (χ0v) is 11.6. The number of para-hydroxylation sites is 1. The van der Waals surface area contributed by atoms with Gasteiger partial charge in [-0.1, -0.05) is 19.1 Å². The molecule has 0 saturated carbocycles. The fourth-order valence-corrected chi connectivity index (χ4v) is 1.87. The van der Waals surface area contributed by atoms with Crippen LogP contribution in [0.5, 0.6) is 0 Å². The average Bonchev–Trinajstić information content (AvgIpc) is 2.37. The molecule has 1 rings (SSSR count). The summed E-state index contributed by atoms with van der Waals surface area (Å²) in [5, 5.41) is 11.8. The third kappa shape index (κ3) is 3.71. The molecule has 1 aromatic rings. The summed E-state index contributed by atoms with van der Waals surface area (Å²) >= 11 is 0. The highest BCUT2D eigenvalue weighted by atomic mass is 16.4. The van der Waals surface area contributed by atoms with Crippen LogP contribution in [0.3, 0.4) is 0 Å². The summed E-state index contributed by atoms with van der Waals surface area (Å²) in [5.74, 6) is -1.04. The molecule has 0 saturated heterocycles. The van der Waals surface area contributed by atoms with Gasteiger partial charge in [-0.25, -0.2) is 9.59 Å². The lowest BCUT2D eigenvalue weighted by Crippen LogP contribution is -2.35. The zero-order valence-electron chi connectivity index (χ0n) is 11.6. The number of urea groups is 1. The maximum atomic E-state index is 12.1. The number of benzene rings is 1. The van der Waals surface area contributed by atoms with Gasteiger partial charge in [-0.05, 0) is 31.9 Å². The quantitative estimate of drug-likeness (QED) is 0.859. The van der Waals surface area contributed by atoms with Crippen molar-refractivity contribution in [2.45, 2.75) is 27.2 Å². The Bertz CT molecular complexity index is 472. The Kier molecular flexibility index (Phi) is 5.36. The largest absolute Gasteiger partial charge is 0.478 e. The number of carboxylic acid groups (broad SMARTS) is 1. The Morgan fingerprint density at radius 2 is 2.00 bits per heavy atom. The van der Waals surface area contributed by atoms with E-state index in [2.05, 4.69) is 5.32 Å². The van der Waals surface area contributed by atoms with Gasteiger partial charge in [-0.2, -0.15) is 0 Å². The van der Waals surface area contributed by atoms with Gasteiger partial charge in [0.25, 0.3) is 0 Å². The van der Waals surface area contributed by atoms with Gasteiger partial charge in [0.15, 0.2) is 0 Å². The Morgan fingerprint density at radius 3 is 2.53 bits per heavy atom. The summed E-state index contributed by atoms with van der Waals surface area (Å²) in [6.07, 6.45) is 0.862. The number of aromatic carboxylic acids is 1. The first-order valence-electron chi connectivity index (χ1n) is 6.40. The number of hydrogen-bond acceptors (Lipinski definition) is 2. The van der Waals surface area contributed by atoms with Gasteiger partial charge in [0.05, 0.1) is 11.3 Å². The molecule has 5 heteroatoms. The lowest BCUT2D eigenvalue weighted by atomic mass is 10.1. The third-order valence-electron chi connectivity index (χ3n) is 2.90. The summed E-state index contributed by atoms with van der Waals surface area (Å²) in [6, 6.07) is 4.67. The number of nitrogens with zero attached hydrogens (tertiary/aromatic N) is 1. The molecule has 2 N–H and O–H groups in total. The zero-order chi connectivity index (χ0) is 14.4. The van der Waals surface area contributed by atoms with Crippen LogP contribution >= 0.6 is 0 Å². The smallest absolute Gasteiger partial charge is 0.337 e. The van der Waals surface area contributed by atoms with E-state index < -0.39 is 5.97 Å². The number of hydrogen-bond donors (Lipinski definition) is 2. The number of amides is 2. The van der Waals surface area contributed by atoms with Gasteiger partial charge in [0.2, 0.25) is 0 Å². The van der Waals surface area contributed by atoms with Crippen LogP contribution in [0.2, 0.25) is 0 Å². The molecule has 0 heterocycles. The number of carbonyl (C=O) groups is 2. The monoisotopic (exact) mass is 264 g/mol. The van der Waals surface area contributed by atoms with Crippen LogP contribution in [-0.2, 0) is 0 Å². The molecule has 0 radical (unpaired) electrons. The molecule has 1 aromatic carbocycles. The van der Waals surface area contributed by atoms with E-state index in [-0.39, 0.29) is 11.6 Å². The van der Waals surface area contributed by atoms with Gasteiger partial charge in [-0.15, -0.1) is 0 Å². The van der Waals surface area contributed by atoms with Gasteiger partial charge in [0, 0.05) is 13.1 Å². The number of nitrogens with one attached hydrogen (secondary N) is 1. The topological polar surface area (TPSA) is 69.6 Å². The third-order valence-corrected chi connectivity index (χ3v) is 2.90. The first-order valence-corrected chi connectivity index (χ1v) is 6.40. The van der Waals surface area contributed by atoms with Crippen molar-refractivity contribution in [3.8, 4) is 0 Å². The summed E-state index contributed by atoms with van der Waals surface area (Å²) in [7, 11) is 0. The Labute approximate surface area is 113 Å². The molecule has 5 nitrogen and oxygen atoms in total. The molecular formula is C14H20N2O3. The van der Waals surface area contributed by atoms with E-state index in [0.29, 0.717) is 18.8 Å². The van der Waals surface area contributed by atoms with Crippen molar-refractivity contribution in [2.75, 3.05) is 18.4 Å². The van der Waals surface area contributed by atoms with E-state index >= 15 is 0 Å². The molecule has 0 aromatic heterocycles.